The number of nitriles is 1. The summed E-state index contributed by atoms with van der Waals surface area (Å²) in [7, 11) is -3.92. The maximum atomic E-state index is 13.3. The summed E-state index contributed by atoms with van der Waals surface area (Å²) in [5, 5.41) is 19.8. The van der Waals surface area contributed by atoms with Crippen molar-refractivity contribution >= 4 is 27.3 Å². The number of halogens is 1. The molecular formula is C18H14FN5O2S. The quantitative estimate of drug-likeness (QED) is 0.700. The second-order valence-electron chi connectivity index (χ2n) is 5.60. The lowest BCUT2D eigenvalue weighted by Gasteiger charge is -2.09. The number of aryl methyl sites for hydroxylation is 1. The van der Waals surface area contributed by atoms with Crippen molar-refractivity contribution in [2.45, 2.75) is 11.8 Å². The lowest BCUT2D eigenvalue weighted by molar-refractivity contribution is 0.598. The SMILES string of the molecule is Cc1cc(S(=O)(=O)Nc2ccc(Nc3ccccc3C#N)nn2)ccc1F. The molecule has 0 bridgehead atoms. The number of sulfonamides is 1. The summed E-state index contributed by atoms with van der Waals surface area (Å²) in [6.45, 7) is 1.48. The lowest BCUT2D eigenvalue weighted by atomic mass is 10.2. The molecule has 0 aliphatic carbocycles. The molecule has 136 valence electrons. The van der Waals surface area contributed by atoms with Gasteiger partial charge in [0.2, 0.25) is 0 Å². The largest absolute Gasteiger partial charge is 0.338 e. The van der Waals surface area contributed by atoms with Crippen molar-refractivity contribution in [3.63, 3.8) is 0 Å². The zero-order valence-electron chi connectivity index (χ0n) is 14.1. The van der Waals surface area contributed by atoms with Gasteiger partial charge in [-0.1, -0.05) is 12.1 Å². The third kappa shape index (κ3) is 4.19. The molecule has 0 unspecified atom stereocenters. The zero-order valence-corrected chi connectivity index (χ0v) is 15.0. The van der Waals surface area contributed by atoms with Crippen molar-refractivity contribution in [1.29, 1.82) is 5.26 Å². The molecule has 0 saturated heterocycles. The summed E-state index contributed by atoms with van der Waals surface area (Å²) < 4.78 is 40.4. The normalized spacial score (nSPS) is 10.9. The Morgan fingerprint density at radius 1 is 1.04 bits per heavy atom. The fraction of sp³-hybridized carbons (Fsp3) is 0.0556. The third-order valence-corrected chi connectivity index (χ3v) is 5.01. The van der Waals surface area contributed by atoms with Crippen molar-refractivity contribution in [3.8, 4) is 6.07 Å². The molecule has 2 aromatic carbocycles. The van der Waals surface area contributed by atoms with Gasteiger partial charge < -0.3 is 5.32 Å². The molecule has 0 atom stereocenters. The van der Waals surface area contributed by atoms with E-state index in [1.807, 2.05) is 0 Å². The van der Waals surface area contributed by atoms with Crippen molar-refractivity contribution in [3.05, 3.63) is 71.5 Å². The lowest BCUT2D eigenvalue weighted by Crippen LogP contribution is -2.14. The molecule has 27 heavy (non-hydrogen) atoms. The fourth-order valence-electron chi connectivity index (χ4n) is 2.26. The Hall–Kier alpha value is -3.51. The van der Waals surface area contributed by atoms with Crippen molar-refractivity contribution in [1.82, 2.24) is 10.2 Å². The second-order valence-corrected chi connectivity index (χ2v) is 7.29. The molecule has 2 N–H and O–H groups in total. The van der Waals surface area contributed by atoms with E-state index in [4.69, 9.17) is 5.26 Å². The molecule has 7 nitrogen and oxygen atoms in total. The van der Waals surface area contributed by atoms with Gasteiger partial charge in [-0.25, -0.2) is 12.8 Å². The highest BCUT2D eigenvalue weighted by atomic mass is 32.2. The molecule has 0 fully saturated rings. The van der Waals surface area contributed by atoms with Crippen LogP contribution in [0.15, 0.2) is 59.5 Å². The highest BCUT2D eigenvalue weighted by Gasteiger charge is 2.16. The van der Waals surface area contributed by atoms with E-state index in [1.54, 1.807) is 24.3 Å². The molecule has 0 saturated carbocycles. The molecule has 0 radical (unpaired) electrons. The van der Waals surface area contributed by atoms with Gasteiger partial charge in [-0.15, -0.1) is 10.2 Å². The molecule has 0 aliphatic heterocycles. The van der Waals surface area contributed by atoms with E-state index in [-0.39, 0.29) is 16.3 Å². The monoisotopic (exact) mass is 383 g/mol. The molecular weight excluding hydrogens is 369 g/mol. The average molecular weight is 383 g/mol. The van der Waals surface area contributed by atoms with Gasteiger partial charge in [-0.2, -0.15) is 5.26 Å². The Morgan fingerprint density at radius 2 is 1.74 bits per heavy atom. The van der Waals surface area contributed by atoms with Crippen LogP contribution >= 0.6 is 0 Å². The van der Waals surface area contributed by atoms with Crippen LogP contribution in [-0.2, 0) is 10.0 Å². The number of hydrogen-bond donors (Lipinski definition) is 2. The molecule has 0 aliphatic rings. The fourth-order valence-corrected chi connectivity index (χ4v) is 3.34. The maximum absolute atomic E-state index is 13.3. The third-order valence-electron chi connectivity index (χ3n) is 3.65. The van der Waals surface area contributed by atoms with E-state index in [9.17, 15) is 12.8 Å². The van der Waals surface area contributed by atoms with Crippen LogP contribution in [0.2, 0.25) is 0 Å². The summed E-state index contributed by atoms with van der Waals surface area (Å²) in [5.74, 6) is -0.129. The van der Waals surface area contributed by atoms with Crippen molar-refractivity contribution < 1.29 is 12.8 Å². The molecule has 0 spiro atoms. The first kappa shape index (κ1) is 18.3. The predicted octanol–water partition coefficient (Wildman–Crippen LogP) is 3.34. The van der Waals surface area contributed by atoms with Crippen LogP contribution in [0.25, 0.3) is 0 Å². The van der Waals surface area contributed by atoms with E-state index in [1.165, 1.54) is 31.2 Å². The average Bonchev–Trinajstić information content (AvgIpc) is 2.65. The molecule has 3 rings (SSSR count). The first-order chi connectivity index (χ1) is 12.9. The number of aromatic nitrogens is 2. The summed E-state index contributed by atoms with van der Waals surface area (Å²) in [4.78, 5) is -0.0756. The Kier molecular flexibility index (Phi) is 5.00. The van der Waals surface area contributed by atoms with Gasteiger partial charge in [-0.3, -0.25) is 4.72 Å². The van der Waals surface area contributed by atoms with Crippen LogP contribution in [-0.4, -0.2) is 18.6 Å². The van der Waals surface area contributed by atoms with E-state index >= 15 is 0 Å². The van der Waals surface area contributed by atoms with Crippen LogP contribution < -0.4 is 10.0 Å². The number of nitrogens with one attached hydrogen (secondary N) is 2. The van der Waals surface area contributed by atoms with Crippen molar-refractivity contribution in [2.24, 2.45) is 0 Å². The number of anilines is 3. The Balaban J connectivity index is 1.77. The topological polar surface area (TPSA) is 108 Å². The Bertz CT molecular complexity index is 1130. The van der Waals surface area contributed by atoms with Gasteiger partial charge in [0.25, 0.3) is 10.0 Å². The van der Waals surface area contributed by atoms with Crippen molar-refractivity contribution in [2.75, 3.05) is 10.0 Å². The number of nitrogens with zero attached hydrogens (tertiary/aromatic N) is 3. The smallest absolute Gasteiger partial charge is 0.263 e. The highest BCUT2D eigenvalue weighted by Crippen LogP contribution is 2.20. The number of rotatable bonds is 5. The predicted molar refractivity (Wildman–Crippen MR) is 98.4 cm³/mol. The van der Waals surface area contributed by atoms with Gasteiger partial charge in [0, 0.05) is 0 Å². The maximum Gasteiger partial charge on any atom is 0.263 e. The van der Waals surface area contributed by atoms with Gasteiger partial charge in [0.15, 0.2) is 11.6 Å². The van der Waals surface area contributed by atoms with Gasteiger partial charge >= 0.3 is 0 Å². The first-order valence-electron chi connectivity index (χ1n) is 7.78. The van der Waals surface area contributed by atoms with Crippen LogP contribution in [0.5, 0.6) is 0 Å². The van der Waals surface area contributed by atoms with Crippen LogP contribution in [0.4, 0.5) is 21.7 Å². The van der Waals surface area contributed by atoms with Gasteiger partial charge in [-0.05, 0) is 55.0 Å². The summed E-state index contributed by atoms with van der Waals surface area (Å²) in [6, 6.07) is 15.4. The minimum absolute atomic E-state index is 0.0103. The van der Waals surface area contributed by atoms with Gasteiger partial charge in [0.1, 0.15) is 11.9 Å². The van der Waals surface area contributed by atoms with E-state index < -0.39 is 15.8 Å². The second kappa shape index (κ2) is 7.39. The van der Waals surface area contributed by atoms with Crippen LogP contribution in [0, 0.1) is 24.1 Å². The van der Waals surface area contributed by atoms with E-state index in [0.717, 1.165) is 6.07 Å². The number of para-hydroxylation sites is 1. The standard InChI is InChI=1S/C18H14FN5O2S/c1-12-10-14(6-7-15(12)19)27(25,26)24-18-9-8-17(22-23-18)21-16-5-3-2-4-13(16)11-20/h2-10H,1H3,(H,21,22)(H,23,24). The van der Waals surface area contributed by atoms with Crippen LogP contribution in [0.1, 0.15) is 11.1 Å². The van der Waals surface area contributed by atoms with Crippen LogP contribution in [0.3, 0.4) is 0 Å². The van der Waals surface area contributed by atoms with E-state index in [2.05, 4.69) is 26.3 Å². The molecule has 0 amide bonds. The Morgan fingerprint density at radius 3 is 2.41 bits per heavy atom. The summed E-state index contributed by atoms with van der Waals surface area (Å²) in [6.07, 6.45) is 0. The summed E-state index contributed by atoms with van der Waals surface area (Å²) in [5.41, 5.74) is 1.22. The number of hydrogen-bond acceptors (Lipinski definition) is 6. The molecule has 1 heterocycles. The molecule has 3 aromatic rings. The Labute approximate surface area is 155 Å². The highest BCUT2D eigenvalue weighted by molar-refractivity contribution is 7.92. The number of benzene rings is 2. The van der Waals surface area contributed by atoms with E-state index in [0.29, 0.717) is 17.1 Å². The van der Waals surface area contributed by atoms with Gasteiger partial charge in [0.05, 0.1) is 16.1 Å². The minimum atomic E-state index is -3.92. The molecule has 1 aromatic heterocycles. The summed E-state index contributed by atoms with van der Waals surface area (Å²) >= 11 is 0. The zero-order chi connectivity index (χ0) is 19.4. The minimum Gasteiger partial charge on any atom is -0.338 e. The first-order valence-corrected chi connectivity index (χ1v) is 9.26. The molecule has 9 heteroatoms.